The summed E-state index contributed by atoms with van der Waals surface area (Å²) >= 11 is 1.77. The minimum atomic E-state index is 0.524. The predicted molar refractivity (Wildman–Crippen MR) is 69.7 cm³/mol. The van der Waals surface area contributed by atoms with Crippen LogP contribution in [0.25, 0.3) is 0 Å². The molecule has 0 radical (unpaired) electrons. The van der Waals surface area contributed by atoms with Gasteiger partial charge in [-0.2, -0.15) is 0 Å². The lowest BCUT2D eigenvalue weighted by atomic mass is 10.2. The molecule has 0 aromatic carbocycles. The first-order chi connectivity index (χ1) is 7.72. The molecule has 2 atom stereocenters. The second kappa shape index (κ2) is 7.63. The summed E-state index contributed by atoms with van der Waals surface area (Å²) in [7, 11) is 0. The first-order valence-electron chi connectivity index (χ1n) is 5.88. The van der Waals surface area contributed by atoms with Gasteiger partial charge in [-0.25, -0.2) is 4.98 Å². The second-order valence-corrected chi connectivity index (χ2v) is 5.53. The van der Waals surface area contributed by atoms with Crippen molar-refractivity contribution in [1.82, 2.24) is 15.3 Å². The van der Waals surface area contributed by atoms with E-state index in [0.717, 1.165) is 11.6 Å². The van der Waals surface area contributed by atoms with Crippen LogP contribution in [0, 0.1) is 0 Å². The first kappa shape index (κ1) is 13.5. The molecule has 3 nitrogen and oxygen atoms in total. The maximum absolute atomic E-state index is 4.25. The molecular weight excluding hydrogens is 218 g/mol. The van der Waals surface area contributed by atoms with E-state index in [2.05, 4.69) is 36.1 Å². The number of rotatable bonds is 7. The molecule has 1 rings (SSSR count). The third-order valence-electron chi connectivity index (χ3n) is 2.34. The number of aromatic nitrogens is 2. The van der Waals surface area contributed by atoms with Gasteiger partial charge < -0.3 is 5.32 Å². The van der Waals surface area contributed by atoms with Gasteiger partial charge in [-0.1, -0.05) is 20.3 Å². The molecule has 0 spiro atoms. The van der Waals surface area contributed by atoms with E-state index in [0.29, 0.717) is 11.3 Å². The zero-order chi connectivity index (χ0) is 11.8. The quantitative estimate of drug-likeness (QED) is 0.742. The summed E-state index contributed by atoms with van der Waals surface area (Å²) in [6.07, 6.45) is 7.73. The molecule has 0 amide bonds. The molecule has 0 aliphatic carbocycles. The number of thioether (sulfide) groups is 1. The molecule has 2 unspecified atom stereocenters. The van der Waals surface area contributed by atoms with Crippen molar-refractivity contribution in [1.29, 1.82) is 0 Å². The fraction of sp³-hybridized carbons (Fsp3) is 0.667. The van der Waals surface area contributed by atoms with Gasteiger partial charge in [0, 0.05) is 30.2 Å². The molecule has 16 heavy (non-hydrogen) atoms. The van der Waals surface area contributed by atoms with Gasteiger partial charge in [0.2, 0.25) is 0 Å². The van der Waals surface area contributed by atoms with Crippen LogP contribution < -0.4 is 5.32 Å². The summed E-state index contributed by atoms with van der Waals surface area (Å²) in [5.74, 6) is 0. The van der Waals surface area contributed by atoms with Crippen LogP contribution >= 0.6 is 11.8 Å². The van der Waals surface area contributed by atoms with Gasteiger partial charge >= 0.3 is 0 Å². The Kier molecular flexibility index (Phi) is 6.42. The number of nitrogens with zero attached hydrogens (tertiary/aromatic N) is 2. The molecule has 1 N–H and O–H groups in total. The van der Waals surface area contributed by atoms with E-state index in [4.69, 9.17) is 0 Å². The predicted octanol–water partition coefficient (Wildman–Crippen LogP) is 2.74. The summed E-state index contributed by atoms with van der Waals surface area (Å²) in [5.41, 5.74) is 0. The second-order valence-electron chi connectivity index (χ2n) is 4.07. The third kappa shape index (κ3) is 5.47. The third-order valence-corrected chi connectivity index (χ3v) is 3.36. The van der Waals surface area contributed by atoms with E-state index in [-0.39, 0.29) is 0 Å². The molecular formula is C12H21N3S. The van der Waals surface area contributed by atoms with Crippen LogP contribution in [0.5, 0.6) is 0 Å². The summed E-state index contributed by atoms with van der Waals surface area (Å²) in [5, 5.41) is 5.06. The fourth-order valence-corrected chi connectivity index (χ4v) is 2.33. The van der Waals surface area contributed by atoms with Crippen molar-refractivity contribution in [2.45, 2.75) is 49.9 Å². The maximum Gasteiger partial charge on any atom is 0.115 e. The van der Waals surface area contributed by atoms with Crippen LogP contribution in [-0.4, -0.2) is 27.8 Å². The van der Waals surface area contributed by atoms with Crippen molar-refractivity contribution in [3.05, 3.63) is 18.6 Å². The Hall–Kier alpha value is -0.610. The van der Waals surface area contributed by atoms with Gasteiger partial charge in [0.1, 0.15) is 5.03 Å². The molecule has 1 aromatic rings. The Morgan fingerprint density at radius 1 is 1.38 bits per heavy atom. The van der Waals surface area contributed by atoms with Crippen LogP contribution in [0.3, 0.4) is 0 Å². The summed E-state index contributed by atoms with van der Waals surface area (Å²) in [4.78, 5) is 8.31. The molecule has 1 aromatic heterocycles. The summed E-state index contributed by atoms with van der Waals surface area (Å²) in [6.45, 7) is 7.69. The van der Waals surface area contributed by atoms with Crippen LogP contribution in [-0.2, 0) is 0 Å². The normalized spacial score (nSPS) is 14.7. The Balaban J connectivity index is 2.23. The molecule has 0 saturated heterocycles. The van der Waals surface area contributed by atoms with Crippen LogP contribution in [0.4, 0.5) is 0 Å². The average Bonchev–Trinajstić information content (AvgIpc) is 2.28. The smallest absolute Gasteiger partial charge is 0.115 e. The molecule has 1 heterocycles. The average molecular weight is 239 g/mol. The van der Waals surface area contributed by atoms with Crippen molar-refractivity contribution < 1.29 is 0 Å². The van der Waals surface area contributed by atoms with Crippen molar-refractivity contribution in [3.63, 3.8) is 0 Å². The SMILES string of the molecule is CCCC(C)NCC(C)Sc1cnccn1. The lowest BCUT2D eigenvalue weighted by Crippen LogP contribution is -2.31. The zero-order valence-corrected chi connectivity index (χ0v) is 11.1. The fourth-order valence-electron chi connectivity index (χ4n) is 1.50. The van der Waals surface area contributed by atoms with Gasteiger partial charge in [0.05, 0.1) is 6.20 Å². The molecule has 0 fully saturated rings. The van der Waals surface area contributed by atoms with Gasteiger partial charge in [0.15, 0.2) is 0 Å². The molecule has 0 saturated carbocycles. The van der Waals surface area contributed by atoms with Gasteiger partial charge in [-0.15, -0.1) is 11.8 Å². The zero-order valence-electron chi connectivity index (χ0n) is 10.3. The first-order valence-corrected chi connectivity index (χ1v) is 6.76. The maximum atomic E-state index is 4.25. The Bertz CT molecular complexity index is 279. The topological polar surface area (TPSA) is 37.8 Å². The highest BCUT2D eigenvalue weighted by atomic mass is 32.2. The summed E-state index contributed by atoms with van der Waals surface area (Å²) in [6, 6.07) is 0.606. The van der Waals surface area contributed by atoms with E-state index in [1.54, 1.807) is 24.2 Å². The number of hydrogen-bond acceptors (Lipinski definition) is 4. The van der Waals surface area contributed by atoms with E-state index in [9.17, 15) is 0 Å². The largest absolute Gasteiger partial charge is 0.313 e. The molecule has 0 aliphatic rings. The molecule has 0 aliphatic heterocycles. The Morgan fingerprint density at radius 3 is 2.81 bits per heavy atom. The van der Waals surface area contributed by atoms with Crippen LogP contribution in [0.15, 0.2) is 23.6 Å². The van der Waals surface area contributed by atoms with Gasteiger partial charge in [0.25, 0.3) is 0 Å². The number of hydrogen-bond donors (Lipinski definition) is 1. The molecule has 4 heteroatoms. The molecule has 90 valence electrons. The van der Waals surface area contributed by atoms with E-state index >= 15 is 0 Å². The lowest BCUT2D eigenvalue weighted by molar-refractivity contribution is 0.511. The Labute approximate surface area is 102 Å². The lowest BCUT2D eigenvalue weighted by Gasteiger charge is -2.16. The highest BCUT2D eigenvalue weighted by molar-refractivity contribution is 7.99. The standard InChI is InChI=1S/C12H21N3S/c1-4-5-10(2)15-8-11(3)16-12-9-13-6-7-14-12/h6-7,9-11,15H,4-5,8H2,1-3H3. The minimum absolute atomic E-state index is 0.524. The number of nitrogens with one attached hydrogen (secondary N) is 1. The van der Waals surface area contributed by atoms with E-state index in [1.165, 1.54) is 12.8 Å². The Morgan fingerprint density at radius 2 is 2.19 bits per heavy atom. The monoisotopic (exact) mass is 239 g/mol. The minimum Gasteiger partial charge on any atom is -0.313 e. The van der Waals surface area contributed by atoms with Crippen molar-refractivity contribution in [2.75, 3.05) is 6.54 Å². The van der Waals surface area contributed by atoms with Gasteiger partial charge in [-0.3, -0.25) is 4.98 Å². The highest BCUT2D eigenvalue weighted by Crippen LogP contribution is 2.18. The van der Waals surface area contributed by atoms with Crippen molar-refractivity contribution in [3.8, 4) is 0 Å². The van der Waals surface area contributed by atoms with Crippen molar-refractivity contribution >= 4 is 11.8 Å². The molecule has 0 bridgehead atoms. The van der Waals surface area contributed by atoms with Crippen LogP contribution in [0.1, 0.15) is 33.6 Å². The highest BCUT2D eigenvalue weighted by Gasteiger charge is 2.07. The van der Waals surface area contributed by atoms with E-state index < -0.39 is 0 Å². The summed E-state index contributed by atoms with van der Waals surface area (Å²) < 4.78 is 0. The van der Waals surface area contributed by atoms with Crippen LogP contribution in [0.2, 0.25) is 0 Å². The van der Waals surface area contributed by atoms with E-state index in [1.807, 2.05) is 6.20 Å². The van der Waals surface area contributed by atoms with Gasteiger partial charge in [-0.05, 0) is 13.3 Å². The van der Waals surface area contributed by atoms with Crippen molar-refractivity contribution in [2.24, 2.45) is 0 Å².